The number of benzene rings is 2. The number of hydrogen-bond acceptors (Lipinski definition) is 4. The van der Waals surface area contributed by atoms with Crippen LogP contribution in [0.3, 0.4) is 0 Å². The van der Waals surface area contributed by atoms with Crippen LogP contribution in [0.2, 0.25) is 0 Å². The van der Waals surface area contributed by atoms with Crippen LogP contribution in [0, 0.1) is 0 Å². The summed E-state index contributed by atoms with van der Waals surface area (Å²) in [6.07, 6.45) is 0.731. The van der Waals surface area contributed by atoms with Crippen molar-refractivity contribution >= 4 is 11.9 Å². The van der Waals surface area contributed by atoms with Crippen molar-refractivity contribution in [1.82, 2.24) is 4.90 Å². The van der Waals surface area contributed by atoms with Gasteiger partial charge in [-0.15, -0.1) is 0 Å². The number of ether oxygens (including phenoxy) is 2. The van der Waals surface area contributed by atoms with Crippen LogP contribution in [0.5, 0.6) is 11.5 Å². The number of carbonyl (C=O) groups is 2. The highest BCUT2D eigenvalue weighted by atomic mass is 16.5. The van der Waals surface area contributed by atoms with Gasteiger partial charge in [-0.25, -0.2) is 4.79 Å². The van der Waals surface area contributed by atoms with E-state index in [0.29, 0.717) is 30.2 Å². The van der Waals surface area contributed by atoms with Gasteiger partial charge in [-0.3, -0.25) is 4.79 Å². The number of carbonyl (C=O) groups excluding carboxylic acids is 1. The zero-order valence-corrected chi connectivity index (χ0v) is 14.1. The maximum Gasteiger partial charge on any atom is 0.335 e. The summed E-state index contributed by atoms with van der Waals surface area (Å²) in [6, 6.07) is 9.85. The lowest BCUT2D eigenvalue weighted by atomic mass is 9.98. The Morgan fingerprint density at radius 2 is 1.52 bits per heavy atom. The molecule has 0 saturated heterocycles. The van der Waals surface area contributed by atoms with Crippen LogP contribution < -0.4 is 9.47 Å². The van der Waals surface area contributed by atoms with Gasteiger partial charge in [0.05, 0.1) is 19.8 Å². The number of carboxylic acids is 1. The van der Waals surface area contributed by atoms with E-state index in [1.54, 1.807) is 31.3 Å². The SMILES string of the molecule is COc1cc2c(cc1OC)CN(C(=O)c1ccc(C(=O)O)cc1)CC2. The standard InChI is InChI=1S/C19H19NO5/c1-24-16-9-14-7-8-20(11-15(14)10-17(16)25-2)18(21)12-3-5-13(6-4-12)19(22)23/h3-6,9-10H,7-8,11H2,1-2H3,(H,22,23). The molecule has 6 nitrogen and oxygen atoms in total. The second-order valence-electron chi connectivity index (χ2n) is 5.84. The summed E-state index contributed by atoms with van der Waals surface area (Å²) in [5.74, 6) is 0.205. The molecule has 0 aliphatic carbocycles. The van der Waals surface area contributed by atoms with Gasteiger partial charge in [0.25, 0.3) is 5.91 Å². The third-order valence-electron chi connectivity index (χ3n) is 4.38. The van der Waals surface area contributed by atoms with E-state index in [0.717, 1.165) is 17.5 Å². The average Bonchev–Trinajstić information content (AvgIpc) is 2.65. The minimum atomic E-state index is -1.01. The van der Waals surface area contributed by atoms with Crippen LogP contribution >= 0.6 is 0 Å². The van der Waals surface area contributed by atoms with Crippen molar-refractivity contribution in [2.75, 3.05) is 20.8 Å². The lowest BCUT2D eigenvalue weighted by Crippen LogP contribution is -2.36. The highest BCUT2D eigenvalue weighted by Gasteiger charge is 2.23. The van der Waals surface area contributed by atoms with Crippen LogP contribution in [0.4, 0.5) is 0 Å². The van der Waals surface area contributed by atoms with Crippen molar-refractivity contribution in [2.45, 2.75) is 13.0 Å². The van der Waals surface area contributed by atoms with E-state index in [1.807, 2.05) is 12.1 Å². The number of fused-ring (bicyclic) bond motifs is 1. The van der Waals surface area contributed by atoms with Gasteiger partial charge in [0.15, 0.2) is 11.5 Å². The molecule has 1 aliphatic rings. The summed E-state index contributed by atoms with van der Waals surface area (Å²) in [4.78, 5) is 25.4. The van der Waals surface area contributed by atoms with E-state index >= 15 is 0 Å². The molecule has 2 aromatic rings. The van der Waals surface area contributed by atoms with Gasteiger partial charge < -0.3 is 19.5 Å². The Bertz CT molecular complexity index is 813. The molecular formula is C19H19NO5. The highest BCUT2D eigenvalue weighted by Crippen LogP contribution is 2.33. The van der Waals surface area contributed by atoms with Gasteiger partial charge in [0, 0.05) is 18.7 Å². The molecular weight excluding hydrogens is 322 g/mol. The largest absolute Gasteiger partial charge is 0.493 e. The van der Waals surface area contributed by atoms with Gasteiger partial charge in [-0.2, -0.15) is 0 Å². The number of nitrogens with zero attached hydrogens (tertiary/aromatic N) is 1. The minimum Gasteiger partial charge on any atom is -0.493 e. The molecule has 0 bridgehead atoms. The molecule has 25 heavy (non-hydrogen) atoms. The number of amides is 1. The monoisotopic (exact) mass is 341 g/mol. The highest BCUT2D eigenvalue weighted by molar-refractivity contribution is 5.96. The summed E-state index contributed by atoms with van der Waals surface area (Å²) in [5.41, 5.74) is 2.81. The zero-order chi connectivity index (χ0) is 18.0. The molecule has 1 amide bonds. The molecule has 2 aromatic carbocycles. The van der Waals surface area contributed by atoms with Crippen molar-refractivity contribution in [1.29, 1.82) is 0 Å². The predicted octanol–water partition coefficient (Wildman–Crippen LogP) is 2.60. The topological polar surface area (TPSA) is 76.1 Å². The Morgan fingerprint density at radius 1 is 0.960 bits per heavy atom. The molecule has 0 saturated carbocycles. The molecule has 0 fully saturated rings. The second-order valence-corrected chi connectivity index (χ2v) is 5.84. The number of hydrogen-bond donors (Lipinski definition) is 1. The first-order valence-corrected chi connectivity index (χ1v) is 7.90. The van der Waals surface area contributed by atoms with Crippen molar-refractivity contribution in [2.24, 2.45) is 0 Å². The molecule has 1 heterocycles. The van der Waals surface area contributed by atoms with Crippen molar-refractivity contribution in [3.63, 3.8) is 0 Å². The summed E-state index contributed by atoms with van der Waals surface area (Å²) >= 11 is 0. The fraction of sp³-hybridized carbons (Fsp3) is 0.263. The van der Waals surface area contributed by atoms with Gasteiger partial charge in [0.1, 0.15) is 0 Å². The van der Waals surface area contributed by atoms with Gasteiger partial charge in [-0.1, -0.05) is 0 Å². The third-order valence-corrected chi connectivity index (χ3v) is 4.38. The van der Waals surface area contributed by atoms with Crippen molar-refractivity contribution < 1.29 is 24.2 Å². The van der Waals surface area contributed by atoms with Crippen molar-refractivity contribution in [3.8, 4) is 11.5 Å². The molecule has 0 radical (unpaired) electrons. The molecule has 1 N–H and O–H groups in total. The molecule has 6 heteroatoms. The molecule has 130 valence electrons. The summed E-state index contributed by atoms with van der Waals surface area (Å²) in [7, 11) is 3.18. The Morgan fingerprint density at radius 3 is 2.08 bits per heavy atom. The van der Waals surface area contributed by atoms with E-state index in [-0.39, 0.29) is 11.5 Å². The van der Waals surface area contributed by atoms with Gasteiger partial charge in [-0.05, 0) is 53.9 Å². The normalized spacial score (nSPS) is 13.1. The average molecular weight is 341 g/mol. The van der Waals surface area contributed by atoms with Crippen LogP contribution in [-0.4, -0.2) is 42.6 Å². The van der Waals surface area contributed by atoms with E-state index in [9.17, 15) is 9.59 Å². The van der Waals surface area contributed by atoms with E-state index < -0.39 is 5.97 Å². The van der Waals surface area contributed by atoms with Gasteiger partial charge in [0.2, 0.25) is 0 Å². The minimum absolute atomic E-state index is 0.114. The van der Waals surface area contributed by atoms with Crippen LogP contribution in [0.25, 0.3) is 0 Å². The maximum atomic E-state index is 12.7. The lowest BCUT2D eigenvalue weighted by Gasteiger charge is -2.29. The number of carboxylic acid groups (broad SMARTS) is 1. The van der Waals surface area contributed by atoms with Crippen LogP contribution in [0.1, 0.15) is 31.8 Å². The number of rotatable bonds is 4. The van der Waals surface area contributed by atoms with E-state index in [4.69, 9.17) is 14.6 Å². The third kappa shape index (κ3) is 3.28. The predicted molar refractivity (Wildman–Crippen MR) is 91.4 cm³/mol. The lowest BCUT2D eigenvalue weighted by molar-refractivity contribution is 0.0692. The first kappa shape index (κ1) is 16.8. The Hall–Kier alpha value is -3.02. The maximum absolute atomic E-state index is 12.7. The molecule has 0 atom stereocenters. The fourth-order valence-electron chi connectivity index (χ4n) is 2.99. The molecule has 3 rings (SSSR count). The molecule has 0 spiro atoms. The fourth-order valence-corrected chi connectivity index (χ4v) is 2.99. The quantitative estimate of drug-likeness (QED) is 0.925. The number of methoxy groups -OCH3 is 2. The molecule has 0 unspecified atom stereocenters. The van der Waals surface area contributed by atoms with Crippen LogP contribution in [-0.2, 0) is 13.0 Å². The Balaban J connectivity index is 1.82. The van der Waals surface area contributed by atoms with E-state index in [2.05, 4.69) is 0 Å². The first-order chi connectivity index (χ1) is 12.0. The number of aromatic carboxylic acids is 1. The van der Waals surface area contributed by atoms with Crippen molar-refractivity contribution in [3.05, 3.63) is 58.7 Å². The summed E-state index contributed by atoms with van der Waals surface area (Å²) < 4.78 is 10.7. The second kappa shape index (κ2) is 6.84. The Labute approximate surface area is 145 Å². The molecule has 0 aromatic heterocycles. The first-order valence-electron chi connectivity index (χ1n) is 7.90. The van der Waals surface area contributed by atoms with Gasteiger partial charge >= 0.3 is 5.97 Å². The van der Waals surface area contributed by atoms with Crippen LogP contribution in [0.15, 0.2) is 36.4 Å². The Kier molecular flexibility index (Phi) is 4.61. The smallest absolute Gasteiger partial charge is 0.335 e. The molecule has 1 aliphatic heterocycles. The zero-order valence-electron chi connectivity index (χ0n) is 14.1. The summed E-state index contributed by atoms with van der Waals surface area (Å²) in [6.45, 7) is 1.08. The summed E-state index contributed by atoms with van der Waals surface area (Å²) in [5, 5.41) is 8.95. The van der Waals surface area contributed by atoms with E-state index in [1.165, 1.54) is 12.1 Å².